The molecule has 0 radical (unpaired) electrons. The number of nitrogens with zero attached hydrogens (tertiary/aromatic N) is 4. The first-order valence-corrected chi connectivity index (χ1v) is 9.43. The molecule has 3 heterocycles. The number of anilines is 2. The molecule has 8 heteroatoms. The van der Waals surface area contributed by atoms with Crippen LogP contribution in [0.5, 0.6) is 0 Å². The molecule has 0 spiro atoms. The second-order valence-electron chi connectivity index (χ2n) is 6.23. The number of benzene rings is 1. The van der Waals surface area contributed by atoms with Gasteiger partial charge >= 0.3 is 0 Å². The van der Waals surface area contributed by atoms with E-state index >= 15 is 0 Å². The molecule has 1 amide bonds. The van der Waals surface area contributed by atoms with E-state index in [1.165, 1.54) is 12.1 Å². The largest absolute Gasteiger partial charge is 0.343 e. The van der Waals surface area contributed by atoms with Crippen molar-refractivity contribution in [2.24, 2.45) is 7.05 Å². The Morgan fingerprint density at radius 2 is 2.19 bits per heavy atom. The van der Waals surface area contributed by atoms with Crippen molar-refractivity contribution >= 4 is 33.6 Å². The summed E-state index contributed by atoms with van der Waals surface area (Å²) in [4.78, 5) is 19.1. The fraction of sp³-hybridized carbons (Fsp3) is 0.211. The zero-order valence-corrected chi connectivity index (χ0v) is 15.5. The molecule has 2 aromatic heterocycles. The van der Waals surface area contributed by atoms with Crippen molar-refractivity contribution < 1.29 is 9.18 Å². The molecule has 1 N–H and O–H groups in total. The maximum absolute atomic E-state index is 13.8. The van der Waals surface area contributed by atoms with Crippen molar-refractivity contribution in [2.75, 3.05) is 23.3 Å². The van der Waals surface area contributed by atoms with E-state index in [-0.39, 0.29) is 11.4 Å². The number of halogens is 1. The normalized spacial score (nSPS) is 14.1. The van der Waals surface area contributed by atoms with Gasteiger partial charge < -0.3 is 10.2 Å². The summed E-state index contributed by atoms with van der Waals surface area (Å²) in [5.74, 6) is -0.911. The summed E-state index contributed by atoms with van der Waals surface area (Å²) >= 11 is 1.61. The predicted molar refractivity (Wildman–Crippen MR) is 104 cm³/mol. The van der Waals surface area contributed by atoms with Crippen LogP contribution in [0.1, 0.15) is 22.6 Å². The smallest absolute Gasteiger partial charge is 0.276 e. The third-order valence-electron chi connectivity index (χ3n) is 4.40. The van der Waals surface area contributed by atoms with Crippen molar-refractivity contribution in [3.63, 3.8) is 0 Å². The zero-order chi connectivity index (χ0) is 18.8. The quantitative estimate of drug-likeness (QED) is 0.748. The van der Waals surface area contributed by atoms with Gasteiger partial charge in [0, 0.05) is 31.7 Å². The number of carbonyl (C=O) groups excluding carboxylic acids is 1. The van der Waals surface area contributed by atoms with E-state index in [9.17, 15) is 9.18 Å². The first-order chi connectivity index (χ1) is 13.1. The summed E-state index contributed by atoms with van der Waals surface area (Å²) in [5, 5.41) is 9.83. The molecule has 0 fully saturated rings. The summed E-state index contributed by atoms with van der Waals surface area (Å²) in [7, 11) is 1.80. The van der Waals surface area contributed by atoms with Crippen LogP contribution in [-0.2, 0) is 7.05 Å². The summed E-state index contributed by atoms with van der Waals surface area (Å²) in [5.41, 5.74) is 2.36. The van der Waals surface area contributed by atoms with Crippen molar-refractivity contribution in [1.29, 1.82) is 0 Å². The van der Waals surface area contributed by atoms with Crippen molar-refractivity contribution in [3.05, 3.63) is 65.2 Å². The number of rotatable bonds is 4. The minimum absolute atomic E-state index is 0.140. The first kappa shape index (κ1) is 17.4. The van der Waals surface area contributed by atoms with E-state index in [1.54, 1.807) is 47.5 Å². The molecule has 1 aliphatic rings. The summed E-state index contributed by atoms with van der Waals surface area (Å²) in [6.07, 6.45) is 4.86. The SMILES string of the molecule is Cn1nc(C(=O)Nc2ccccc2F)cc1C1=CCCN(c2nccs2)C1. The Morgan fingerprint density at radius 1 is 1.33 bits per heavy atom. The number of thiazole rings is 1. The number of hydrogen-bond donors (Lipinski definition) is 1. The van der Waals surface area contributed by atoms with Gasteiger partial charge in [-0.25, -0.2) is 9.37 Å². The molecular formula is C19H18FN5OS. The highest BCUT2D eigenvalue weighted by molar-refractivity contribution is 7.13. The summed E-state index contributed by atoms with van der Waals surface area (Å²) in [6, 6.07) is 7.82. The molecule has 1 aromatic carbocycles. The van der Waals surface area contributed by atoms with Crippen LogP contribution < -0.4 is 10.2 Å². The van der Waals surface area contributed by atoms with E-state index in [0.717, 1.165) is 29.4 Å². The molecule has 0 saturated heterocycles. The van der Waals surface area contributed by atoms with Crippen LogP contribution in [0, 0.1) is 5.82 Å². The Labute approximate surface area is 160 Å². The Hall–Kier alpha value is -3.00. The highest BCUT2D eigenvalue weighted by Crippen LogP contribution is 2.27. The van der Waals surface area contributed by atoms with E-state index in [1.807, 2.05) is 5.38 Å². The lowest BCUT2D eigenvalue weighted by molar-refractivity contribution is 0.102. The molecule has 4 rings (SSSR count). The number of nitrogens with one attached hydrogen (secondary N) is 1. The molecule has 138 valence electrons. The molecule has 0 atom stereocenters. The highest BCUT2D eigenvalue weighted by atomic mass is 32.1. The first-order valence-electron chi connectivity index (χ1n) is 8.55. The molecule has 3 aromatic rings. The monoisotopic (exact) mass is 383 g/mol. The fourth-order valence-electron chi connectivity index (χ4n) is 3.09. The standard InChI is InChI=1S/C19H18FN5OS/c1-24-17(13-5-4-9-25(12-13)19-21-8-10-27-19)11-16(23-24)18(26)22-15-7-3-2-6-14(15)20/h2-3,5-8,10-11H,4,9,12H2,1H3,(H,22,26). The van der Waals surface area contributed by atoms with Gasteiger partial charge in [-0.2, -0.15) is 5.10 Å². The van der Waals surface area contributed by atoms with Gasteiger partial charge in [0.2, 0.25) is 0 Å². The third-order valence-corrected chi connectivity index (χ3v) is 5.24. The third kappa shape index (κ3) is 3.61. The van der Waals surface area contributed by atoms with Gasteiger partial charge in [0.1, 0.15) is 5.82 Å². The second-order valence-corrected chi connectivity index (χ2v) is 7.10. The van der Waals surface area contributed by atoms with E-state index in [2.05, 4.69) is 26.4 Å². The molecule has 1 aliphatic heterocycles. The molecule has 0 unspecified atom stereocenters. The van der Waals surface area contributed by atoms with E-state index < -0.39 is 11.7 Å². The minimum atomic E-state index is -0.476. The fourth-order valence-corrected chi connectivity index (χ4v) is 3.76. The maximum Gasteiger partial charge on any atom is 0.276 e. The zero-order valence-electron chi connectivity index (χ0n) is 14.7. The topological polar surface area (TPSA) is 63.1 Å². The van der Waals surface area contributed by atoms with E-state index in [4.69, 9.17) is 0 Å². The van der Waals surface area contributed by atoms with Crippen LogP contribution in [-0.4, -0.2) is 33.8 Å². The average Bonchev–Trinajstić information content (AvgIpc) is 3.34. The number of aryl methyl sites for hydroxylation is 1. The molecule has 0 bridgehead atoms. The van der Waals surface area contributed by atoms with E-state index in [0.29, 0.717) is 6.54 Å². The number of amides is 1. The second kappa shape index (κ2) is 7.32. The van der Waals surface area contributed by atoms with Crippen LogP contribution in [0.4, 0.5) is 15.2 Å². The Morgan fingerprint density at radius 3 is 2.96 bits per heavy atom. The maximum atomic E-state index is 13.8. The van der Waals surface area contributed by atoms with Gasteiger partial charge in [-0.15, -0.1) is 11.3 Å². The lowest BCUT2D eigenvalue weighted by Crippen LogP contribution is -2.29. The Balaban J connectivity index is 1.54. The van der Waals surface area contributed by atoms with Crippen LogP contribution in [0.25, 0.3) is 5.57 Å². The molecule has 27 heavy (non-hydrogen) atoms. The highest BCUT2D eigenvalue weighted by Gasteiger charge is 2.21. The molecule has 0 aliphatic carbocycles. The summed E-state index contributed by atoms with van der Waals surface area (Å²) in [6.45, 7) is 1.62. The molecule has 6 nitrogen and oxygen atoms in total. The van der Waals surface area contributed by atoms with Gasteiger partial charge in [0.15, 0.2) is 10.8 Å². The predicted octanol–water partition coefficient (Wildman–Crippen LogP) is 3.56. The molecular weight excluding hydrogens is 365 g/mol. The van der Waals surface area contributed by atoms with Crippen LogP contribution in [0.3, 0.4) is 0 Å². The number of hydrogen-bond acceptors (Lipinski definition) is 5. The van der Waals surface area contributed by atoms with Crippen LogP contribution in [0.15, 0.2) is 48.0 Å². The van der Waals surface area contributed by atoms with Crippen molar-refractivity contribution in [1.82, 2.24) is 14.8 Å². The van der Waals surface area contributed by atoms with Gasteiger partial charge in [-0.05, 0) is 30.2 Å². The number of carbonyl (C=O) groups is 1. The lowest BCUT2D eigenvalue weighted by atomic mass is 10.1. The van der Waals surface area contributed by atoms with Crippen molar-refractivity contribution in [2.45, 2.75) is 6.42 Å². The average molecular weight is 383 g/mol. The van der Waals surface area contributed by atoms with Gasteiger partial charge in [0.25, 0.3) is 5.91 Å². The minimum Gasteiger partial charge on any atom is -0.343 e. The van der Waals surface area contributed by atoms with Crippen molar-refractivity contribution in [3.8, 4) is 0 Å². The van der Waals surface area contributed by atoms with Gasteiger partial charge in [0.05, 0.1) is 11.4 Å². The van der Waals surface area contributed by atoms with Crippen LogP contribution in [0.2, 0.25) is 0 Å². The van der Waals surface area contributed by atoms with Gasteiger partial charge in [-0.3, -0.25) is 9.48 Å². The number of para-hydroxylation sites is 1. The lowest BCUT2D eigenvalue weighted by Gasteiger charge is -2.26. The number of aromatic nitrogens is 3. The van der Waals surface area contributed by atoms with Gasteiger partial charge in [-0.1, -0.05) is 18.2 Å². The Kier molecular flexibility index (Phi) is 4.72. The summed E-state index contributed by atoms with van der Waals surface area (Å²) < 4.78 is 15.4. The Bertz CT molecular complexity index is 995. The van der Waals surface area contributed by atoms with Crippen LogP contribution >= 0.6 is 11.3 Å². The molecule has 0 saturated carbocycles.